The van der Waals surface area contributed by atoms with E-state index < -0.39 is 95.5 Å². The van der Waals surface area contributed by atoms with Crippen LogP contribution in [0.1, 0.15) is 70.8 Å². The first-order valence-corrected chi connectivity index (χ1v) is 22.2. The summed E-state index contributed by atoms with van der Waals surface area (Å²) < 4.78 is 43.7. The van der Waals surface area contributed by atoms with Crippen molar-refractivity contribution in [3.8, 4) is 0 Å². The van der Waals surface area contributed by atoms with Crippen molar-refractivity contribution >= 4 is 29.6 Å². The van der Waals surface area contributed by atoms with E-state index in [1.807, 2.05) is 0 Å². The molecular formula is C45H72F3N13O6. The number of nitrogens with two attached hydrogens (primary N) is 5. The molecule has 19 nitrogen and oxygen atoms in total. The van der Waals surface area contributed by atoms with Crippen LogP contribution in [-0.4, -0.2) is 120 Å². The predicted molar refractivity (Wildman–Crippen MR) is 252 cm³/mol. The second kappa shape index (κ2) is 28.8. The van der Waals surface area contributed by atoms with Gasteiger partial charge in [-0.3, -0.25) is 24.2 Å². The van der Waals surface area contributed by atoms with Crippen molar-refractivity contribution in [2.45, 2.75) is 108 Å². The van der Waals surface area contributed by atoms with Crippen LogP contribution in [0.3, 0.4) is 0 Å². The molecule has 374 valence electrons. The molecule has 0 saturated carbocycles. The van der Waals surface area contributed by atoms with Gasteiger partial charge in [0.05, 0.1) is 42.4 Å². The lowest BCUT2D eigenvalue weighted by Crippen LogP contribution is -2.53. The van der Waals surface area contributed by atoms with Crippen molar-refractivity contribution in [1.29, 1.82) is 0 Å². The Hall–Kier alpha value is -6.10. The van der Waals surface area contributed by atoms with E-state index in [9.17, 15) is 38.2 Å². The zero-order valence-electron chi connectivity index (χ0n) is 38.7. The van der Waals surface area contributed by atoms with E-state index in [4.69, 9.17) is 28.7 Å². The number of benzene rings is 1. The lowest BCUT2D eigenvalue weighted by Gasteiger charge is -2.34. The number of nitrogens with one attached hydrogen (secondary N) is 6. The molecule has 1 aliphatic heterocycles. The quantitative estimate of drug-likeness (QED) is 0.0118. The minimum absolute atomic E-state index is 0.0174. The van der Waals surface area contributed by atoms with E-state index in [0.717, 1.165) is 0 Å². The van der Waals surface area contributed by atoms with Crippen LogP contribution in [0.25, 0.3) is 0 Å². The maximum Gasteiger partial charge on any atom is 0.246 e. The van der Waals surface area contributed by atoms with Crippen LogP contribution in [0.2, 0.25) is 0 Å². The minimum atomic E-state index is -1.41. The summed E-state index contributed by atoms with van der Waals surface area (Å²) in [6, 6.07) is -3.33. The third-order valence-corrected chi connectivity index (χ3v) is 11.2. The molecule has 1 aromatic carbocycles. The molecule has 18 N–H and O–H groups in total. The van der Waals surface area contributed by atoms with Crippen molar-refractivity contribution in [2.75, 3.05) is 39.3 Å². The zero-order chi connectivity index (χ0) is 50.4. The first kappa shape index (κ1) is 57.0. The van der Waals surface area contributed by atoms with E-state index in [0.29, 0.717) is 81.7 Å². The van der Waals surface area contributed by atoms with Crippen LogP contribution < -0.4 is 60.6 Å². The predicted octanol–water partition coefficient (Wildman–Crippen LogP) is 0.233. The Morgan fingerprint density at radius 2 is 1.52 bits per heavy atom. The Balaban J connectivity index is 2.36. The number of rotatable bonds is 31. The number of likely N-dealkylation sites (tertiary alicyclic amines) is 1. The Bertz CT molecular complexity index is 1960. The van der Waals surface area contributed by atoms with Gasteiger partial charge in [-0.05, 0) is 83.0 Å². The van der Waals surface area contributed by atoms with Crippen LogP contribution in [0.5, 0.6) is 0 Å². The van der Waals surface area contributed by atoms with Crippen LogP contribution in [-0.2, 0) is 25.6 Å². The van der Waals surface area contributed by atoms with Gasteiger partial charge in [0.1, 0.15) is 23.7 Å². The molecule has 0 bridgehead atoms. The molecule has 0 unspecified atom stereocenters. The number of carbonyl (C=O) groups excluding carboxylic acids is 4. The van der Waals surface area contributed by atoms with Gasteiger partial charge in [-0.15, -0.1) is 0 Å². The topological polar surface area (TPSA) is 327 Å². The highest BCUT2D eigenvalue weighted by atomic mass is 19.2. The van der Waals surface area contributed by atoms with Gasteiger partial charge in [0.25, 0.3) is 0 Å². The highest BCUT2D eigenvalue weighted by Crippen LogP contribution is 2.26. The van der Waals surface area contributed by atoms with Crippen molar-refractivity contribution < 1.29 is 42.6 Å². The number of unbranched alkanes of at least 4 members (excludes halogenated alkanes) is 1. The summed E-state index contributed by atoms with van der Waals surface area (Å²) in [6.45, 7) is 19.8. The zero-order valence-corrected chi connectivity index (χ0v) is 38.7. The number of halogens is 3. The number of nitrogens with zero attached hydrogens (tertiary/aromatic N) is 2. The fraction of sp³-hybridized carbons (Fsp3) is 0.533. The second-order valence-electron chi connectivity index (χ2n) is 16.4. The van der Waals surface area contributed by atoms with E-state index in [1.54, 1.807) is 11.8 Å². The van der Waals surface area contributed by atoms with Gasteiger partial charge in [0.15, 0.2) is 17.6 Å². The Morgan fingerprint density at radius 3 is 2.15 bits per heavy atom. The van der Waals surface area contributed by atoms with Crippen LogP contribution in [0.4, 0.5) is 13.2 Å². The van der Waals surface area contributed by atoms with Gasteiger partial charge < -0.3 is 75.7 Å². The first-order valence-electron chi connectivity index (χ1n) is 22.2. The Labute approximate surface area is 391 Å². The number of guanidine groups is 1. The molecular weight excluding hydrogens is 876 g/mol. The normalized spacial score (nSPS) is 16.3. The van der Waals surface area contributed by atoms with Crippen molar-refractivity contribution in [3.63, 3.8) is 0 Å². The first-order chi connectivity index (χ1) is 31.6. The lowest BCUT2D eigenvalue weighted by atomic mass is 10.00. The van der Waals surface area contributed by atoms with Gasteiger partial charge in [-0.2, -0.15) is 0 Å². The third-order valence-electron chi connectivity index (χ3n) is 11.2. The minimum Gasteiger partial charge on any atom is -0.506 e. The largest absolute Gasteiger partial charge is 0.506 e. The molecule has 1 fully saturated rings. The smallest absolute Gasteiger partial charge is 0.246 e. The number of aliphatic hydroxyl groups is 2. The summed E-state index contributed by atoms with van der Waals surface area (Å²) in [4.78, 5) is 59.6. The summed E-state index contributed by atoms with van der Waals surface area (Å²) in [5, 5.41) is 37.3. The fourth-order valence-corrected chi connectivity index (χ4v) is 7.05. The Morgan fingerprint density at radius 1 is 0.866 bits per heavy atom. The fourth-order valence-electron chi connectivity index (χ4n) is 7.05. The van der Waals surface area contributed by atoms with Gasteiger partial charge in [-0.1, -0.05) is 39.3 Å². The monoisotopic (exact) mass is 948 g/mol. The molecule has 7 atom stereocenters. The number of hydrogen-bond donors (Lipinski definition) is 13. The average molecular weight is 948 g/mol. The Kier molecular flexibility index (Phi) is 24.5. The van der Waals surface area contributed by atoms with Crippen LogP contribution in [0, 0.1) is 23.4 Å². The number of aliphatic imine (C=N–C) groups is 1. The van der Waals surface area contributed by atoms with Crippen molar-refractivity contribution in [1.82, 2.24) is 36.8 Å². The molecule has 1 heterocycles. The molecule has 1 aliphatic rings. The molecule has 1 saturated heterocycles. The highest BCUT2D eigenvalue weighted by Gasteiger charge is 2.36. The standard InChI is InChI=1S/C45H72F3N13O6/c1-25(40(63)23-51)42(65)57-27(3)26(2)55-24-41(64)58-35(13-9-17-50)29(5)61-19-11-15-39(61)44(67)60-38(21-31-20-33(47)34(48)22-32(31)46)28(4)56-37(12-7-8-16-49)43(66)59-36(30(6)62)14-10-18-54-45(52)53/h14,20,22,25,27,35,37-40,55-56,62-63H,2,4-13,15-19,21,23-24,49-51H2,1,3H3,(H,57,65)(H,58,64)(H,59,66)(H,60,67)(H4,52,53,54)/b36-14-/t25-,27-,35+,37-,38-,39-,40-/m0/s1. The number of hydrogen-bond acceptors (Lipinski definition) is 13. The van der Waals surface area contributed by atoms with Gasteiger partial charge >= 0.3 is 0 Å². The van der Waals surface area contributed by atoms with E-state index >= 15 is 4.39 Å². The van der Waals surface area contributed by atoms with Crippen molar-refractivity contribution in [3.05, 3.63) is 96.1 Å². The number of aliphatic hydroxyl groups excluding tert-OH is 2. The summed E-state index contributed by atoms with van der Waals surface area (Å²) in [5.74, 6) is -7.26. The molecule has 2 rings (SSSR count). The van der Waals surface area contributed by atoms with Gasteiger partial charge in [0.2, 0.25) is 23.6 Å². The molecule has 0 spiro atoms. The van der Waals surface area contributed by atoms with Gasteiger partial charge in [0, 0.05) is 49.2 Å². The van der Waals surface area contributed by atoms with Crippen LogP contribution in [0.15, 0.2) is 78.1 Å². The van der Waals surface area contributed by atoms with Crippen molar-refractivity contribution in [2.24, 2.45) is 39.6 Å². The molecule has 4 amide bonds. The lowest BCUT2D eigenvalue weighted by molar-refractivity contribution is -0.128. The summed E-state index contributed by atoms with van der Waals surface area (Å²) in [7, 11) is 0. The number of carbonyl (C=O) groups is 4. The van der Waals surface area contributed by atoms with Crippen LogP contribution >= 0.6 is 0 Å². The molecule has 22 heteroatoms. The summed E-state index contributed by atoms with van der Waals surface area (Å²) >= 11 is 0. The van der Waals surface area contributed by atoms with E-state index in [1.165, 1.54) is 13.0 Å². The van der Waals surface area contributed by atoms with Gasteiger partial charge in [-0.25, -0.2) is 13.2 Å². The SMILES string of the molecule is C=C(O)/C(=C/CCN=C(N)N)NC(=O)[C@H](CCCCN)NC(=C)[C@H](Cc1cc(F)c(F)cc1F)NC(=O)[C@@H]1CCCN1C(=C)[C@@H](CCCN)NC(=O)CNC(=C)[C@H](C)NC(=O)[C@@H](C)[C@@H](O)CN. The molecule has 0 aliphatic carbocycles. The molecule has 0 radical (unpaired) electrons. The highest BCUT2D eigenvalue weighted by molar-refractivity contribution is 5.85. The van der Waals surface area contributed by atoms with E-state index in [-0.39, 0.29) is 55.4 Å². The summed E-state index contributed by atoms with van der Waals surface area (Å²) in [6.07, 6.45) is 3.16. The average Bonchev–Trinajstić information content (AvgIpc) is 3.78. The molecule has 0 aromatic heterocycles. The van der Waals surface area contributed by atoms with E-state index in [2.05, 4.69) is 63.2 Å². The number of amides is 4. The maximum atomic E-state index is 15.2. The molecule has 67 heavy (non-hydrogen) atoms. The second-order valence-corrected chi connectivity index (χ2v) is 16.4. The third kappa shape index (κ3) is 19.0. The maximum absolute atomic E-state index is 15.2. The summed E-state index contributed by atoms with van der Waals surface area (Å²) in [5.41, 5.74) is 28.3. The molecule has 1 aromatic rings.